The highest BCUT2D eigenvalue weighted by atomic mass is 16.5. The molecule has 0 fully saturated rings. The molecule has 1 rings (SSSR count). The Hall–Kier alpha value is -1.37. The molecule has 2 unspecified atom stereocenters. The van der Waals surface area contributed by atoms with Crippen LogP contribution in [0.15, 0.2) is 24.0 Å². The van der Waals surface area contributed by atoms with Gasteiger partial charge in [-0.3, -0.25) is 4.79 Å². The number of hydrogen-bond acceptors (Lipinski definition) is 5. The molecule has 0 spiro atoms. The molecule has 1 aliphatic rings. The average Bonchev–Trinajstić information content (AvgIpc) is 2.12. The minimum atomic E-state index is -2.36. The molecule has 0 saturated carbocycles. The van der Waals surface area contributed by atoms with Gasteiger partial charge in [0.15, 0.2) is 5.76 Å². The summed E-state index contributed by atoms with van der Waals surface area (Å²) in [7, 11) is 0. The van der Waals surface area contributed by atoms with Gasteiger partial charge in [0, 0.05) is 5.92 Å². The fourth-order valence-corrected chi connectivity index (χ4v) is 1.26. The van der Waals surface area contributed by atoms with E-state index >= 15 is 0 Å². The van der Waals surface area contributed by atoms with Crippen LogP contribution in [0, 0.1) is 5.92 Å². The van der Waals surface area contributed by atoms with Gasteiger partial charge in [0.25, 0.3) is 0 Å². The second kappa shape index (κ2) is 4.01. The topological polar surface area (TPSA) is 124 Å². The van der Waals surface area contributed by atoms with Crippen molar-refractivity contribution < 1.29 is 25.2 Å². The summed E-state index contributed by atoms with van der Waals surface area (Å²) in [5, 5.41) is 35.9. The van der Waals surface area contributed by atoms with Crippen LogP contribution in [0.5, 0.6) is 0 Å². The minimum Gasteiger partial charge on any atom is -0.507 e. The van der Waals surface area contributed by atoms with Gasteiger partial charge in [0.05, 0.1) is 0 Å². The van der Waals surface area contributed by atoms with Crippen molar-refractivity contribution in [1.29, 1.82) is 0 Å². The van der Waals surface area contributed by atoms with Crippen molar-refractivity contribution in [2.24, 2.45) is 11.7 Å². The average molecular weight is 215 g/mol. The summed E-state index contributed by atoms with van der Waals surface area (Å²) in [4.78, 5) is 10.5. The van der Waals surface area contributed by atoms with E-state index in [1.165, 1.54) is 12.2 Å². The maximum Gasteiger partial charge on any atom is 0.320 e. The molecule has 15 heavy (non-hydrogen) atoms. The Bertz CT molecular complexity index is 320. The smallest absolute Gasteiger partial charge is 0.320 e. The summed E-state index contributed by atoms with van der Waals surface area (Å²) in [6.45, 7) is 0. The number of carbonyl (C=O) groups is 1. The highest BCUT2D eigenvalue weighted by Gasteiger charge is 2.30. The molecule has 0 aromatic carbocycles. The second-order valence-corrected chi connectivity index (χ2v) is 3.48. The molecule has 6 heteroatoms. The maximum absolute atomic E-state index is 10.5. The zero-order chi connectivity index (χ0) is 11.6. The van der Waals surface area contributed by atoms with Crippen molar-refractivity contribution in [3.8, 4) is 0 Å². The van der Waals surface area contributed by atoms with Crippen LogP contribution in [0.3, 0.4) is 0 Å². The summed E-state index contributed by atoms with van der Waals surface area (Å²) in [6, 6.07) is -1.05. The van der Waals surface area contributed by atoms with Crippen molar-refractivity contribution in [3.63, 3.8) is 0 Å². The van der Waals surface area contributed by atoms with Crippen molar-refractivity contribution in [3.05, 3.63) is 24.0 Å². The fourth-order valence-electron chi connectivity index (χ4n) is 1.26. The molecule has 0 aliphatic heterocycles. The van der Waals surface area contributed by atoms with Gasteiger partial charge in [0.1, 0.15) is 6.04 Å². The fraction of sp³-hybridized carbons (Fsp3) is 0.444. The molecule has 6 nitrogen and oxygen atoms in total. The molecule has 0 radical (unpaired) electrons. The number of allylic oxidation sites excluding steroid dienone is 2. The zero-order valence-electron chi connectivity index (χ0n) is 7.87. The lowest BCUT2D eigenvalue weighted by molar-refractivity contribution is -0.138. The van der Waals surface area contributed by atoms with Gasteiger partial charge in [0.2, 0.25) is 5.79 Å². The normalized spacial score (nSPS) is 25.8. The standard InChI is InChI=1S/C9H13NO5/c10-6(8(12)13)3-5-1-2-9(14,15)7(11)4-5/h1-2,4-6,11,14-15H,3,10H2,(H,12,13). The van der Waals surface area contributed by atoms with E-state index in [-0.39, 0.29) is 6.42 Å². The van der Waals surface area contributed by atoms with Gasteiger partial charge in [-0.2, -0.15) is 0 Å². The SMILES string of the molecule is NC(CC1C=CC(O)(O)C(O)=C1)C(=O)O. The number of carboxylic acids is 1. The first-order valence-corrected chi connectivity index (χ1v) is 4.36. The Labute approximate surface area is 86.0 Å². The van der Waals surface area contributed by atoms with Gasteiger partial charge in [-0.25, -0.2) is 0 Å². The third-order valence-electron chi connectivity index (χ3n) is 2.17. The molecule has 0 bridgehead atoms. The molecule has 0 aromatic heterocycles. The van der Waals surface area contributed by atoms with E-state index in [9.17, 15) is 9.90 Å². The van der Waals surface area contributed by atoms with Gasteiger partial charge >= 0.3 is 5.97 Å². The predicted molar refractivity (Wildman–Crippen MR) is 50.7 cm³/mol. The van der Waals surface area contributed by atoms with Crippen molar-refractivity contribution in [1.82, 2.24) is 0 Å². The lowest BCUT2D eigenvalue weighted by Gasteiger charge is -2.23. The minimum absolute atomic E-state index is 0.0893. The van der Waals surface area contributed by atoms with Crippen molar-refractivity contribution in [2.75, 3.05) is 0 Å². The quantitative estimate of drug-likeness (QED) is 0.307. The number of rotatable bonds is 3. The van der Waals surface area contributed by atoms with Gasteiger partial charge in [-0.1, -0.05) is 6.08 Å². The summed E-state index contributed by atoms with van der Waals surface area (Å²) in [5.41, 5.74) is 5.29. The second-order valence-electron chi connectivity index (χ2n) is 3.48. The zero-order valence-corrected chi connectivity index (χ0v) is 7.87. The number of aliphatic carboxylic acids is 1. The predicted octanol–water partition coefficient (Wildman–Crippen LogP) is -0.903. The summed E-state index contributed by atoms with van der Waals surface area (Å²) < 4.78 is 0. The van der Waals surface area contributed by atoms with Crippen molar-refractivity contribution in [2.45, 2.75) is 18.2 Å². The lowest BCUT2D eigenvalue weighted by Crippen LogP contribution is -2.35. The van der Waals surface area contributed by atoms with E-state index in [0.717, 1.165) is 6.08 Å². The molecular weight excluding hydrogens is 202 g/mol. The van der Waals surface area contributed by atoms with E-state index in [1.54, 1.807) is 0 Å². The molecule has 2 atom stereocenters. The van der Waals surface area contributed by atoms with E-state index in [0.29, 0.717) is 0 Å². The molecule has 84 valence electrons. The maximum atomic E-state index is 10.5. The molecular formula is C9H13NO5. The number of hydrogen-bond donors (Lipinski definition) is 5. The summed E-state index contributed by atoms with van der Waals surface area (Å²) >= 11 is 0. The number of nitrogens with two attached hydrogens (primary N) is 1. The Balaban J connectivity index is 2.66. The molecule has 0 heterocycles. The van der Waals surface area contributed by atoms with E-state index in [4.69, 9.17) is 21.1 Å². The third kappa shape index (κ3) is 2.79. The van der Waals surface area contributed by atoms with Crippen LogP contribution in [-0.4, -0.2) is 38.2 Å². The van der Waals surface area contributed by atoms with E-state index in [2.05, 4.69) is 0 Å². The van der Waals surface area contributed by atoms with Crippen LogP contribution in [0.25, 0.3) is 0 Å². The Morgan fingerprint density at radius 2 is 2.20 bits per heavy atom. The van der Waals surface area contributed by atoms with Gasteiger partial charge < -0.3 is 26.2 Å². The van der Waals surface area contributed by atoms with Gasteiger partial charge in [-0.15, -0.1) is 0 Å². The van der Waals surface area contributed by atoms with Gasteiger partial charge in [-0.05, 0) is 18.6 Å². The van der Waals surface area contributed by atoms with Crippen LogP contribution in [0.2, 0.25) is 0 Å². The monoisotopic (exact) mass is 215 g/mol. The number of carboxylic acid groups (broad SMARTS) is 1. The lowest BCUT2D eigenvalue weighted by atomic mass is 9.93. The largest absolute Gasteiger partial charge is 0.507 e. The first-order chi connectivity index (χ1) is 6.83. The summed E-state index contributed by atoms with van der Waals surface area (Å²) in [6.07, 6.45) is 3.64. The highest BCUT2D eigenvalue weighted by molar-refractivity contribution is 5.73. The Morgan fingerprint density at radius 3 is 2.67 bits per heavy atom. The van der Waals surface area contributed by atoms with Crippen LogP contribution in [-0.2, 0) is 4.79 Å². The van der Waals surface area contributed by atoms with Crippen LogP contribution >= 0.6 is 0 Å². The Morgan fingerprint density at radius 1 is 1.60 bits per heavy atom. The molecule has 0 aromatic rings. The molecule has 6 N–H and O–H groups in total. The third-order valence-corrected chi connectivity index (χ3v) is 2.17. The molecule has 0 amide bonds. The van der Waals surface area contributed by atoms with Crippen molar-refractivity contribution >= 4 is 5.97 Å². The molecule has 0 saturated heterocycles. The first kappa shape index (κ1) is 11.7. The Kier molecular flexibility index (Phi) is 3.13. The van der Waals surface area contributed by atoms with E-state index < -0.39 is 29.5 Å². The highest BCUT2D eigenvalue weighted by Crippen LogP contribution is 2.24. The number of aliphatic hydroxyl groups excluding tert-OH is 1. The molecule has 1 aliphatic carbocycles. The van der Waals surface area contributed by atoms with Crippen LogP contribution in [0.1, 0.15) is 6.42 Å². The van der Waals surface area contributed by atoms with E-state index in [1.807, 2.05) is 0 Å². The number of aliphatic hydroxyl groups is 3. The van der Waals surface area contributed by atoms with Crippen LogP contribution < -0.4 is 5.73 Å². The van der Waals surface area contributed by atoms with Crippen LogP contribution in [0.4, 0.5) is 0 Å². The first-order valence-electron chi connectivity index (χ1n) is 4.36. The summed E-state index contributed by atoms with van der Waals surface area (Å²) in [5.74, 6) is -4.53.